The molecular formula is C21H26FNO. The number of unbranched alkanes of at least 4 members (excludes halogenated alkanes) is 1. The maximum atomic E-state index is 13.3. The van der Waals surface area contributed by atoms with Crippen LogP contribution in [0.25, 0.3) is 17.2 Å². The molecule has 0 aliphatic carbocycles. The molecule has 1 aromatic carbocycles. The van der Waals surface area contributed by atoms with E-state index in [1.165, 1.54) is 12.1 Å². The Balaban J connectivity index is 2.76. The van der Waals surface area contributed by atoms with Crippen LogP contribution in [0.1, 0.15) is 62.0 Å². The first-order chi connectivity index (χ1) is 11.5. The van der Waals surface area contributed by atoms with Gasteiger partial charge in [-0.15, -0.1) is 0 Å². The number of pyridine rings is 1. The molecule has 1 heterocycles. The number of rotatable bonds is 6. The van der Waals surface area contributed by atoms with Crippen LogP contribution in [0.3, 0.4) is 0 Å². The van der Waals surface area contributed by atoms with Gasteiger partial charge in [0.25, 0.3) is 0 Å². The standard InChI is InChI=1S/C21H26FNO/c1-5-6-7-8-18-15(4)23-21(14(2)3)19(13-24)20(18)16-9-11-17(22)12-10-16/h7-12,14,24H,5-6,13H2,1-4H3. The molecule has 3 heteroatoms. The molecule has 0 unspecified atom stereocenters. The predicted octanol–water partition coefficient (Wildman–Crippen LogP) is 5.63. The summed E-state index contributed by atoms with van der Waals surface area (Å²) in [5.41, 5.74) is 5.54. The van der Waals surface area contributed by atoms with Crippen LogP contribution in [-0.2, 0) is 6.61 Å². The van der Waals surface area contributed by atoms with Crippen LogP contribution >= 0.6 is 0 Å². The fourth-order valence-electron chi connectivity index (χ4n) is 2.94. The van der Waals surface area contributed by atoms with E-state index in [-0.39, 0.29) is 18.3 Å². The Morgan fingerprint density at radius 1 is 1.21 bits per heavy atom. The Labute approximate surface area is 144 Å². The van der Waals surface area contributed by atoms with E-state index in [1.54, 1.807) is 12.1 Å². The molecule has 128 valence electrons. The summed E-state index contributed by atoms with van der Waals surface area (Å²) in [7, 11) is 0. The molecule has 0 aliphatic heterocycles. The van der Waals surface area contributed by atoms with Gasteiger partial charge in [0.1, 0.15) is 5.82 Å². The molecule has 2 rings (SSSR count). The number of hydrogen-bond acceptors (Lipinski definition) is 2. The molecule has 0 aliphatic rings. The molecule has 0 radical (unpaired) electrons. The van der Waals surface area contributed by atoms with E-state index in [2.05, 4.69) is 32.9 Å². The maximum Gasteiger partial charge on any atom is 0.123 e. The minimum Gasteiger partial charge on any atom is -0.392 e. The summed E-state index contributed by atoms with van der Waals surface area (Å²) < 4.78 is 13.3. The second kappa shape index (κ2) is 8.20. The molecule has 24 heavy (non-hydrogen) atoms. The van der Waals surface area contributed by atoms with Crippen molar-refractivity contribution in [1.82, 2.24) is 4.98 Å². The maximum absolute atomic E-state index is 13.3. The van der Waals surface area contributed by atoms with Crippen LogP contribution in [0.4, 0.5) is 4.39 Å². The van der Waals surface area contributed by atoms with Gasteiger partial charge in [0.2, 0.25) is 0 Å². The SMILES string of the molecule is CCCC=Cc1c(C)nc(C(C)C)c(CO)c1-c1ccc(F)cc1. The van der Waals surface area contributed by atoms with Crippen molar-refractivity contribution in [2.75, 3.05) is 0 Å². The number of nitrogens with zero attached hydrogens (tertiary/aromatic N) is 1. The van der Waals surface area contributed by atoms with Gasteiger partial charge in [-0.05, 0) is 42.5 Å². The normalized spacial score (nSPS) is 11.6. The molecule has 1 N–H and O–H groups in total. The highest BCUT2D eigenvalue weighted by molar-refractivity contribution is 5.79. The number of aliphatic hydroxyl groups is 1. The van der Waals surface area contributed by atoms with Crippen molar-refractivity contribution in [3.63, 3.8) is 0 Å². The van der Waals surface area contributed by atoms with Crippen molar-refractivity contribution in [3.8, 4) is 11.1 Å². The van der Waals surface area contributed by atoms with Crippen molar-refractivity contribution in [3.05, 3.63) is 58.7 Å². The molecule has 1 aromatic heterocycles. The number of aliphatic hydroxyl groups excluding tert-OH is 1. The Morgan fingerprint density at radius 2 is 1.88 bits per heavy atom. The van der Waals surface area contributed by atoms with Crippen LogP contribution in [0.5, 0.6) is 0 Å². The van der Waals surface area contributed by atoms with Crippen molar-refractivity contribution >= 4 is 6.08 Å². The molecule has 2 aromatic rings. The predicted molar refractivity (Wildman–Crippen MR) is 98.3 cm³/mol. The minimum absolute atomic E-state index is 0.0812. The lowest BCUT2D eigenvalue weighted by atomic mass is 9.89. The van der Waals surface area contributed by atoms with Crippen LogP contribution < -0.4 is 0 Å². The third kappa shape index (κ3) is 3.90. The van der Waals surface area contributed by atoms with E-state index in [4.69, 9.17) is 4.98 Å². The van der Waals surface area contributed by atoms with Gasteiger partial charge in [0.15, 0.2) is 0 Å². The van der Waals surface area contributed by atoms with E-state index in [0.717, 1.165) is 46.5 Å². The molecule has 0 saturated heterocycles. The average Bonchev–Trinajstić information content (AvgIpc) is 2.56. The number of allylic oxidation sites excluding steroid dienone is 1. The van der Waals surface area contributed by atoms with E-state index < -0.39 is 0 Å². The summed E-state index contributed by atoms with van der Waals surface area (Å²) in [6.07, 6.45) is 6.27. The quantitative estimate of drug-likeness (QED) is 0.746. The molecule has 2 nitrogen and oxygen atoms in total. The van der Waals surface area contributed by atoms with E-state index >= 15 is 0 Å². The topological polar surface area (TPSA) is 33.1 Å². The Hall–Kier alpha value is -2.00. The zero-order valence-corrected chi connectivity index (χ0v) is 14.9. The van der Waals surface area contributed by atoms with Gasteiger partial charge in [-0.2, -0.15) is 0 Å². The van der Waals surface area contributed by atoms with Gasteiger partial charge in [-0.1, -0.05) is 51.5 Å². The van der Waals surface area contributed by atoms with Gasteiger partial charge in [-0.3, -0.25) is 4.98 Å². The van der Waals surface area contributed by atoms with Crippen molar-refractivity contribution in [1.29, 1.82) is 0 Å². The van der Waals surface area contributed by atoms with Crippen LogP contribution in [0.15, 0.2) is 30.3 Å². The van der Waals surface area contributed by atoms with Crippen molar-refractivity contribution in [2.24, 2.45) is 0 Å². The van der Waals surface area contributed by atoms with Crippen LogP contribution in [0, 0.1) is 12.7 Å². The molecule has 0 fully saturated rings. The number of halogens is 1. The highest BCUT2D eigenvalue weighted by Gasteiger charge is 2.19. The number of hydrogen-bond donors (Lipinski definition) is 1. The number of aryl methyl sites for hydroxylation is 1. The lowest BCUT2D eigenvalue weighted by molar-refractivity contribution is 0.280. The first-order valence-electron chi connectivity index (χ1n) is 8.56. The lowest BCUT2D eigenvalue weighted by Crippen LogP contribution is -2.07. The summed E-state index contributed by atoms with van der Waals surface area (Å²) in [5.74, 6) is -0.0547. The zero-order chi connectivity index (χ0) is 17.7. The first kappa shape index (κ1) is 18.3. The lowest BCUT2D eigenvalue weighted by Gasteiger charge is -2.20. The number of aromatic nitrogens is 1. The Bertz CT molecular complexity index is 718. The van der Waals surface area contributed by atoms with Gasteiger partial charge >= 0.3 is 0 Å². The molecule has 0 bridgehead atoms. The smallest absolute Gasteiger partial charge is 0.123 e. The largest absolute Gasteiger partial charge is 0.392 e. The van der Waals surface area contributed by atoms with E-state index in [1.807, 2.05) is 6.92 Å². The highest BCUT2D eigenvalue weighted by atomic mass is 19.1. The third-order valence-electron chi connectivity index (χ3n) is 4.14. The average molecular weight is 327 g/mol. The Kier molecular flexibility index (Phi) is 6.27. The molecular weight excluding hydrogens is 301 g/mol. The highest BCUT2D eigenvalue weighted by Crippen LogP contribution is 2.35. The summed E-state index contributed by atoms with van der Waals surface area (Å²) in [6, 6.07) is 6.46. The van der Waals surface area contributed by atoms with Gasteiger partial charge in [0, 0.05) is 22.5 Å². The fourth-order valence-corrected chi connectivity index (χ4v) is 2.94. The second-order valence-corrected chi connectivity index (χ2v) is 6.36. The minimum atomic E-state index is -0.262. The fraction of sp³-hybridized carbons (Fsp3) is 0.381. The number of benzene rings is 1. The second-order valence-electron chi connectivity index (χ2n) is 6.36. The summed E-state index contributed by atoms with van der Waals surface area (Å²) >= 11 is 0. The van der Waals surface area contributed by atoms with Crippen molar-refractivity contribution in [2.45, 2.75) is 53.1 Å². The Morgan fingerprint density at radius 3 is 2.42 bits per heavy atom. The summed E-state index contributed by atoms with van der Waals surface area (Å²) in [5, 5.41) is 10.0. The third-order valence-corrected chi connectivity index (χ3v) is 4.14. The van der Waals surface area contributed by atoms with Crippen LogP contribution in [-0.4, -0.2) is 10.1 Å². The monoisotopic (exact) mass is 327 g/mol. The summed E-state index contributed by atoms with van der Waals surface area (Å²) in [6.45, 7) is 8.19. The van der Waals surface area contributed by atoms with E-state index in [0.29, 0.717) is 0 Å². The first-order valence-corrected chi connectivity index (χ1v) is 8.56. The summed E-state index contributed by atoms with van der Waals surface area (Å²) in [4.78, 5) is 4.74. The van der Waals surface area contributed by atoms with Gasteiger partial charge < -0.3 is 5.11 Å². The van der Waals surface area contributed by atoms with Crippen molar-refractivity contribution < 1.29 is 9.50 Å². The molecule has 0 saturated carbocycles. The van der Waals surface area contributed by atoms with E-state index in [9.17, 15) is 9.50 Å². The van der Waals surface area contributed by atoms with Gasteiger partial charge in [0.05, 0.1) is 6.61 Å². The zero-order valence-electron chi connectivity index (χ0n) is 14.9. The molecule has 0 amide bonds. The molecule has 0 atom stereocenters. The van der Waals surface area contributed by atoms with Crippen LogP contribution in [0.2, 0.25) is 0 Å². The molecule has 0 spiro atoms. The van der Waals surface area contributed by atoms with Gasteiger partial charge in [-0.25, -0.2) is 4.39 Å².